The van der Waals surface area contributed by atoms with Gasteiger partial charge in [-0.2, -0.15) is 13.2 Å². The second kappa shape index (κ2) is 6.75. The van der Waals surface area contributed by atoms with Crippen molar-refractivity contribution in [1.82, 2.24) is 4.90 Å². The van der Waals surface area contributed by atoms with Crippen molar-refractivity contribution < 1.29 is 13.2 Å². The summed E-state index contributed by atoms with van der Waals surface area (Å²) in [5.74, 6) is 0.106. The first-order chi connectivity index (χ1) is 7.94. The Balaban J connectivity index is 4.55. The molecule has 0 spiro atoms. The van der Waals surface area contributed by atoms with E-state index in [1.807, 2.05) is 0 Å². The average Bonchev–Trinajstić information content (AvgIpc) is 2.11. The van der Waals surface area contributed by atoms with Crippen molar-refractivity contribution in [3.8, 4) is 0 Å². The summed E-state index contributed by atoms with van der Waals surface area (Å²) in [5, 5.41) is 0. The molecule has 110 valence electrons. The largest absolute Gasteiger partial charge is 0.401 e. The number of hydrogen-bond acceptors (Lipinski definition) is 2. The summed E-state index contributed by atoms with van der Waals surface area (Å²) in [4.78, 5) is 1.46. The van der Waals surface area contributed by atoms with Gasteiger partial charge in [-0.3, -0.25) is 4.90 Å². The summed E-state index contributed by atoms with van der Waals surface area (Å²) in [5.41, 5.74) is 5.77. The summed E-state index contributed by atoms with van der Waals surface area (Å²) in [6, 6.07) is -0.124. The van der Waals surface area contributed by atoms with Crippen LogP contribution in [-0.2, 0) is 0 Å². The molecule has 0 saturated carbocycles. The third-order valence-corrected chi connectivity index (χ3v) is 2.84. The molecule has 0 heterocycles. The molecule has 0 bridgehead atoms. The molecule has 0 saturated heterocycles. The van der Waals surface area contributed by atoms with Gasteiger partial charge in [-0.15, -0.1) is 0 Å². The average molecular weight is 268 g/mol. The van der Waals surface area contributed by atoms with E-state index in [0.29, 0.717) is 13.1 Å². The fourth-order valence-electron chi connectivity index (χ4n) is 2.11. The Bertz CT molecular complexity index is 231. The molecular weight excluding hydrogens is 241 g/mol. The highest BCUT2D eigenvalue weighted by Crippen LogP contribution is 2.26. The Kier molecular flexibility index (Phi) is 6.65. The highest BCUT2D eigenvalue weighted by atomic mass is 19.4. The van der Waals surface area contributed by atoms with Gasteiger partial charge in [0.05, 0.1) is 6.54 Å². The van der Waals surface area contributed by atoms with Crippen LogP contribution in [0.3, 0.4) is 0 Å². The van der Waals surface area contributed by atoms with Crippen molar-refractivity contribution in [3.63, 3.8) is 0 Å². The molecular formula is C13H27F3N2. The van der Waals surface area contributed by atoms with E-state index in [4.69, 9.17) is 5.73 Å². The lowest BCUT2D eigenvalue weighted by molar-refractivity contribution is -0.151. The van der Waals surface area contributed by atoms with Crippen molar-refractivity contribution in [2.45, 2.75) is 53.3 Å². The molecule has 0 aliphatic rings. The Morgan fingerprint density at radius 1 is 1.11 bits per heavy atom. The van der Waals surface area contributed by atoms with E-state index in [2.05, 4.69) is 20.8 Å². The maximum Gasteiger partial charge on any atom is 0.401 e. The van der Waals surface area contributed by atoms with Gasteiger partial charge in [-0.25, -0.2) is 0 Å². The molecule has 0 aromatic rings. The maximum absolute atomic E-state index is 12.5. The summed E-state index contributed by atoms with van der Waals surface area (Å²) < 4.78 is 37.5. The predicted molar refractivity (Wildman–Crippen MR) is 69.4 cm³/mol. The van der Waals surface area contributed by atoms with Crippen LogP contribution < -0.4 is 5.73 Å². The van der Waals surface area contributed by atoms with Gasteiger partial charge < -0.3 is 5.73 Å². The minimum atomic E-state index is -4.15. The summed E-state index contributed by atoms with van der Waals surface area (Å²) in [6.45, 7) is 9.80. The summed E-state index contributed by atoms with van der Waals surface area (Å²) in [6.07, 6.45) is -3.31. The van der Waals surface area contributed by atoms with Gasteiger partial charge in [-0.05, 0) is 38.1 Å². The van der Waals surface area contributed by atoms with E-state index >= 15 is 0 Å². The fraction of sp³-hybridized carbons (Fsp3) is 1.00. The van der Waals surface area contributed by atoms with Gasteiger partial charge >= 0.3 is 6.18 Å². The molecule has 2 N–H and O–H groups in total. The lowest BCUT2D eigenvalue weighted by Gasteiger charge is -2.33. The van der Waals surface area contributed by atoms with E-state index in [1.54, 1.807) is 13.8 Å². The number of nitrogens with two attached hydrogens (primary N) is 1. The zero-order chi connectivity index (χ0) is 14.6. The van der Waals surface area contributed by atoms with Crippen LogP contribution in [0.1, 0.15) is 41.0 Å². The number of rotatable bonds is 6. The van der Waals surface area contributed by atoms with Crippen LogP contribution in [0.2, 0.25) is 0 Å². The van der Waals surface area contributed by atoms with E-state index in [-0.39, 0.29) is 17.4 Å². The molecule has 0 aliphatic carbocycles. The van der Waals surface area contributed by atoms with Crippen LogP contribution in [0.4, 0.5) is 13.2 Å². The zero-order valence-corrected chi connectivity index (χ0v) is 12.1. The van der Waals surface area contributed by atoms with Crippen LogP contribution in [0, 0.1) is 11.3 Å². The normalized spacial score (nSPS) is 15.5. The van der Waals surface area contributed by atoms with Crippen molar-refractivity contribution in [1.29, 1.82) is 0 Å². The molecule has 18 heavy (non-hydrogen) atoms. The van der Waals surface area contributed by atoms with Gasteiger partial charge in [0.25, 0.3) is 0 Å². The number of hydrogen-bond donors (Lipinski definition) is 1. The van der Waals surface area contributed by atoms with Crippen molar-refractivity contribution >= 4 is 0 Å². The molecule has 0 aromatic carbocycles. The molecule has 0 radical (unpaired) electrons. The van der Waals surface area contributed by atoms with Crippen molar-refractivity contribution in [2.75, 3.05) is 19.6 Å². The SMILES string of the molecule is CC(C)N(CC(CN)CC(C)(C)C)CC(F)(F)F. The van der Waals surface area contributed by atoms with E-state index in [0.717, 1.165) is 6.42 Å². The fourth-order valence-corrected chi connectivity index (χ4v) is 2.11. The van der Waals surface area contributed by atoms with Crippen LogP contribution in [0.25, 0.3) is 0 Å². The smallest absolute Gasteiger partial charge is 0.330 e. The molecule has 1 atom stereocenters. The third-order valence-electron chi connectivity index (χ3n) is 2.84. The number of halogens is 3. The molecule has 0 aromatic heterocycles. The minimum absolute atomic E-state index is 0.0882. The van der Waals surface area contributed by atoms with Crippen molar-refractivity contribution in [3.05, 3.63) is 0 Å². The van der Waals surface area contributed by atoms with Crippen LogP contribution in [0.5, 0.6) is 0 Å². The molecule has 0 aliphatic heterocycles. The van der Waals surface area contributed by atoms with E-state index in [1.165, 1.54) is 4.90 Å². The molecule has 1 unspecified atom stereocenters. The number of alkyl halides is 3. The van der Waals surface area contributed by atoms with Gasteiger partial charge in [0.15, 0.2) is 0 Å². The molecule has 0 amide bonds. The number of nitrogens with zero attached hydrogens (tertiary/aromatic N) is 1. The lowest BCUT2D eigenvalue weighted by atomic mass is 9.84. The summed E-state index contributed by atoms with van der Waals surface area (Å²) in [7, 11) is 0. The highest BCUT2D eigenvalue weighted by Gasteiger charge is 2.33. The van der Waals surface area contributed by atoms with Gasteiger partial charge in [-0.1, -0.05) is 20.8 Å². The molecule has 5 heteroatoms. The maximum atomic E-state index is 12.5. The van der Waals surface area contributed by atoms with Crippen LogP contribution in [0.15, 0.2) is 0 Å². The van der Waals surface area contributed by atoms with Crippen LogP contribution in [-0.4, -0.2) is 36.8 Å². The van der Waals surface area contributed by atoms with Crippen molar-refractivity contribution in [2.24, 2.45) is 17.1 Å². The van der Waals surface area contributed by atoms with E-state index < -0.39 is 12.7 Å². The second-order valence-corrected chi connectivity index (χ2v) is 6.50. The molecule has 0 fully saturated rings. The van der Waals surface area contributed by atoms with Gasteiger partial charge in [0.1, 0.15) is 0 Å². The minimum Gasteiger partial charge on any atom is -0.330 e. The first kappa shape index (κ1) is 17.7. The topological polar surface area (TPSA) is 29.3 Å². The lowest BCUT2D eigenvalue weighted by Crippen LogP contribution is -2.43. The Hall–Kier alpha value is -0.290. The monoisotopic (exact) mass is 268 g/mol. The van der Waals surface area contributed by atoms with Gasteiger partial charge in [0.2, 0.25) is 0 Å². The predicted octanol–water partition coefficient (Wildman–Crippen LogP) is 3.27. The molecule has 2 nitrogen and oxygen atoms in total. The third kappa shape index (κ3) is 8.75. The molecule has 0 rings (SSSR count). The quantitative estimate of drug-likeness (QED) is 0.801. The second-order valence-electron chi connectivity index (χ2n) is 6.50. The van der Waals surface area contributed by atoms with E-state index in [9.17, 15) is 13.2 Å². The Labute approximate surface area is 109 Å². The summed E-state index contributed by atoms with van der Waals surface area (Å²) >= 11 is 0. The standard InChI is InChI=1S/C13H27F3N2/c1-10(2)18(9-13(14,15)16)8-11(7-17)6-12(3,4)5/h10-11H,6-9,17H2,1-5H3. The first-order valence-electron chi connectivity index (χ1n) is 6.45. The Morgan fingerprint density at radius 3 is 1.89 bits per heavy atom. The van der Waals surface area contributed by atoms with Gasteiger partial charge in [0, 0.05) is 12.6 Å². The Morgan fingerprint density at radius 2 is 1.61 bits per heavy atom. The zero-order valence-electron chi connectivity index (χ0n) is 12.1. The van der Waals surface area contributed by atoms with Crippen LogP contribution >= 0.6 is 0 Å². The first-order valence-corrected chi connectivity index (χ1v) is 6.45. The highest BCUT2D eigenvalue weighted by molar-refractivity contribution is 4.76.